The van der Waals surface area contributed by atoms with Gasteiger partial charge < -0.3 is 24.5 Å². The molecule has 188 valence electrons. The highest BCUT2D eigenvalue weighted by Crippen LogP contribution is 2.35. The van der Waals surface area contributed by atoms with E-state index in [2.05, 4.69) is 10.6 Å². The summed E-state index contributed by atoms with van der Waals surface area (Å²) in [7, 11) is 0. The van der Waals surface area contributed by atoms with E-state index in [0.29, 0.717) is 47.1 Å². The van der Waals surface area contributed by atoms with Gasteiger partial charge >= 0.3 is 0 Å². The number of hydrogen-bond acceptors (Lipinski definition) is 5. The third-order valence-corrected chi connectivity index (χ3v) is 6.29. The van der Waals surface area contributed by atoms with Gasteiger partial charge in [0.25, 0.3) is 5.91 Å². The molecule has 0 saturated carbocycles. The summed E-state index contributed by atoms with van der Waals surface area (Å²) < 4.78 is 17.0. The number of para-hydroxylation sites is 1. The lowest BCUT2D eigenvalue weighted by Crippen LogP contribution is -2.19. The number of benzene rings is 4. The van der Waals surface area contributed by atoms with Gasteiger partial charge in [0.15, 0.2) is 11.5 Å². The van der Waals surface area contributed by atoms with Crippen LogP contribution in [0.25, 0.3) is 22.1 Å². The van der Waals surface area contributed by atoms with Gasteiger partial charge in [-0.05, 0) is 41.0 Å². The van der Waals surface area contributed by atoms with Crippen LogP contribution >= 0.6 is 0 Å². The van der Waals surface area contributed by atoms with Crippen molar-refractivity contribution < 1.29 is 23.5 Å². The van der Waals surface area contributed by atoms with Crippen molar-refractivity contribution in [1.29, 1.82) is 0 Å². The maximum absolute atomic E-state index is 13.3. The number of carbonyl (C=O) groups is 2. The van der Waals surface area contributed by atoms with Crippen molar-refractivity contribution in [3.8, 4) is 22.6 Å². The topological polar surface area (TPSA) is 89.8 Å². The van der Waals surface area contributed by atoms with Crippen LogP contribution in [0.1, 0.15) is 16.1 Å². The number of rotatable bonds is 6. The van der Waals surface area contributed by atoms with Gasteiger partial charge in [-0.1, -0.05) is 66.7 Å². The van der Waals surface area contributed by atoms with Gasteiger partial charge in [-0.3, -0.25) is 9.59 Å². The number of fused-ring (bicyclic) bond motifs is 2. The van der Waals surface area contributed by atoms with E-state index < -0.39 is 5.91 Å². The van der Waals surface area contributed by atoms with Crippen molar-refractivity contribution >= 4 is 34.2 Å². The summed E-state index contributed by atoms with van der Waals surface area (Å²) in [6.07, 6.45) is 0.151. The predicted molar refractivity (Wildman–Crippen MR) is 146 cm³/mol. The lowest BCUT2D eigenvalue weighted by Gasteiger charge is -2.18. The fourth-order valence-electron chi connectivity index (χ4n) is 4.45. The van der Waals surface area contributed by atoms with Crippen LogP contribution in [0.2, 0.25) is 0 Å². The molecule has 0 bridgehead atoms. The third-order valence-electron chi connectivity index (χ3n) is 6.29. The van der Waals surface area contributed by atoms with E-state index >= 15 is 0 Å². The molecule has 1 aliphatic rings. The van der Waals surface area contributed by atoms with Crippen molar-refractivity contribution in [2.45, 2.75) is 6.42 Å². The zero-order valence-corrected chi connectivity index (χ0v) is 20.4. The Balaban J connectivity index is 1.21. The van der Waals surface area contributed by atoms with Crippen LogP contribution < -0.4 is 20.1 Å². The SMILES string of the molecule is O=C(Cc1ccc(-c2ccccc2)cc1)Nc1c(C(=O)Nc2ccc3c(c2)OCCO3)oc2ccccc12. The molecule has 38 heavy (non-hydrogen) atoms. The molecule has 0 unspecified atom stereocenters. The number of hydrogen-bond donors (Lipinski definition) is 2. The summed E-state index contributed by atoms with van der Waals surface area (Å²) in [6.45, 7) is 0.928. The molecule has 5 aromatic rings. The van der Waals surface area contributed by atoms with Gasteiger partial charge in [0.05, 0.1) is 6.42 Å². The summed E-state index contributed by atoms with van der Waals surface area (Å²) in [6, 6.07) is 30.3. The van der Waals surface area contributed by atoms with E-state index in [1.165, 1.54) is 0 Å². The highest BCUT2D eigenvalue weighted by atomic mass is 16.6. The number of ether oxygens (including phenoxy) is 2. The Kier molecular flexibility index (Phi) is 6.24. The molecule has 7 nitrogen and oxygen atoms in total. The van der Waals surface area contributed by atoms with Crippen LogP contribution in [-0.2, 0) is 11.2 Å². The second-order valence-electron chi connectivity index (χ2n) is 8.90. The Morgan fingerprint density at radius 3 is 2.24 bits per heavy atom. The minimum absolute atomic E-state index is 0.0221. The Morgan fingerprint density at radius 1 is 0.711 bits per heavy atom. The lowest BCUT2D eigenvalue weighted by atomic mass is 10.0. The molecule has 0 atom stereocenters. The Bertz CT molecular complexity index is 1620. The van der Waals surface area contributed by atoms with Gasteiger partial charge in [-0.15, -0.1) is 0 Å². The van der Waals surface area contributed by atoms with Crippen LogP contribution in [0.3, 0.4) is 0 Å². The van der Waals surface area contributed by atoms with Gasteiger partial charge in [0.2, 0.25) is 11.7 Å². The van der Waals surface area contributed by atoms with E-state index in [0.717, 1.165) is 16.7 Å². The first kappa shape index (κ1) is 23.4. The number of carbonyl (C=O) groups excluding carboxylic acids is 2. The van der Waals surface area contributed by atoms with E-state index in [4.69, 9.17) is 13.9 Å². The van der Waals surface area contributed by atoms with Crippen LogP contribution in [0.15, 0.2) is 101 Å². The number of amides is 2. The molecule has 2 heterocycles. The zero-order chi connectivity index (χ0) is 25.9. The number of anilines is 2. The molecule has 0 saturated heterocycles. The molecule has 1 aromatic heterocycles. The first-order valence-corrected chi connectivity index (χ1v) is 12.3. The Hall–Kier alpha value is -5.04. The van der Waals surface area contributed by atoms with Crippen LogP contribution in [-0.4, -0.2) is 25.0 Å². The molecule has 2 amide bonds. The molecular formula is C31H24N2O5. The minimum atomic E-state index is -0.486. The Morgan fingerprint density at radius 2 is 1.42 bits per heavy atom. The van der Waals surface area contributed by atoms with E-state index in [-0.39, 0.29) is 18.1 Å². The van der Waals surface area contributed by atoms with E-state index in [1.54, 1.807) is 24.3 Å². The molecule has 0 spiro atoms. The Labute approximate surface area is 219 Å². The van der Waals surface area contributed by atoms with Crippen LogP contribution in [0.4, 0.5) is 11.4 Å². The van der Waals surface area contributed by atoms with Crippen molar-refractivity contribution in [3.63, 3.8) is 0 Å². The van der Waals surface area contributed by atoms with Crippen molar-refractivity contribution in [2.24, 2.45) is 0 Å². The summed E-state index contributed by atoms with van der Waals surface area (Å²) in [5.41, 5.74) is 4.41. The van der Waals surface area contributed by atoms with Crippen molar-refractivity contribution in [2.75, 3.05) is 23.8 Å². The monoisotopic (exact) mass is 504 g/mol. The maximum atomic E-state index is 13.3. The second-order valence-corrected chi connectivity index (χ2v) is 8.90. The average Bonchev–Trinajstić information content (AvgIpc) is 3.32. The fourth-order valence-corrected chi connectivity index (χ4v) is 4.45. The maximum Gasteiger partial charge on any atom is 0.293 e. The lowest BCUT2D eigenvalue weighted by molar-refractivity contribution is -0.115. The normalized spacial score (nSPS) is 12.2. The third kappa shape index (κ3) is 4.82. The van der Waals surface area contributed by atoms with Gasteiger partial charge in [-0.2, -0.15) is 0 Å². The first-order chi connectivity index (χ1) is 18.6. The van der Waals surface area contributed by atoms with E-state index in [1.807, 2.05) is 72.8 Å². The summed E-state index contributed by atoms with van der Waals surface area (Å²) in [4.78, 5) is 26.3. The molecule has 0 aliphatic carbocycles. The summed E-state index contributed by atoms with van der Waals surface area (Å²) >= 11 is 0. The average molecular weight is 505 g/mol. The highest BCUT2D eigenvalue weighted by Gasteiger charge is 2.23. The molecular weight excluding hydrogens is 480 g/mol. The highest BCUT2D eigenvalue weighted by molar-refractivity contribution is 6.14. The van der Waals surface area contributed by atoms with Gasteiger partial charge in [0.1, 0.15) is 24.5 Å². The quantitative estimate of drug-likeness (QED) is 0.283. The second kappa shape index (κ2) is 10.1. The van der Waals surface area contributed by atoms with Gasteiger partial charge in [-0.25, -0.2) is 0 Å². The molecule has 7 heteroatoms. The van der Waals surface area contributed by atoms with E-state index in [9.17, 15) is 9.59 Å². The molecule has 2 N–H and O–H groups in total. The first-order valence-electron chi connectivity index (χ1n) is 12.3. The molecule has 0 radical (unpaired) electrons. The van der Waals surface area contributed by atoms with Crippen molar-refractivity contribution in [1.82, 2.24) is 0 Å². The minimum Gasteiger partial charge on any atom is -0.486 e. The summed E-state index contributed by atoms with van der Waals surface area (Å²) in [5, 5.41) is 6.39. The number of nitrogens with one attached hydrogen (secondary N) is 2. The van der Waals surface area contributed by atoms with Crippen LogP contribution in [0, 0.1) is 0 Å². The molecule has 4 aromatic carbocycles. The fraction of sp³-hybridized carbons (Fsp3) is 0.0968. The summed E-state index contributed by atoms with van der Waals surface area (Å²) in [5.74, 6) is 0.472. The molecule has 6 rings (SSSR count). The molecule has 1 aliphatic heterocycles. The molecule has 0 fully saturated rings. The standard InChI is InChI=1S/C31H24N2O5/c34-28(18-20-10-12-22(13-11-20)21-6-2-1-3-7-21)33-29-24-8-4-5-9-25(24)38-30(29)31(35)32-23-14-15-26-27(19-23)37-17-16-36-26/h1-15,19H,16-18H2,(H,32,35)(H,33,34). The van der Waals surface area contributed by atoms with Crippen LogP contribution in [0.5, 0.6) is 11.5 Å². The van der Waals surface area contributed by atoms with Gasteiger partial charge in [0, 0.05) is 17.1 Å². The predicted octanol–water partition coefficient (Wildman–Crippen LogP) is 6.30. The van der Waals surface area contributed by atoms with Crippen molar-refractivity contribution in [3.05, 3.63) is 108 Å². The number of furan rings is 1. The largest absolute Gasteiger partial charge is 0.486 e. The smallest absolute Gasteiger partial charge is 0.293 e. The zero-order valence-electron chi connectivity index (χ0n) is 20.4.